The van der Waals surface area contributed by atoms with E-state index in [0.29, 0.717) is 21.6 Å². The fraction of sp³-hybridized carbons (Fsp3) is 0.571. The number of carboxylic acid groups (broad SMARTS) is 1. The van der Waals surface area contributed by atoms with Crippen molar-refractivity contribution in [2.45, 2.75) is 44.8 Å². The molecule has 1 aromatic rings. The SMILES string of the molecule is CC(C)SCC(=O)Nc1sc2c(c1C(=O)O)CCCC2. The number of thioether (sulfide) groups is 1. The standard InChI is InChI=1S/C14H19NO3S2/c1-8(2)19-7-11(16)15-13-12(14(17)18)9-5-3-4-6-10(9)20-13/h8H,3-7H2,1-2H3,(H,15,16)(H,17,18). The minimum Gasteiger partial charge on any atom is -0.478 e. The van der Waals surface area contributed by atoms with Crippen LogP contribution in [0.25, 0.3) is 0 Å². The maximum Gasteiger partial charge on any atom is 0.339 e. The first-order chi connectivity index (χ1) is 9.49. The third kappa shape index (κ3) is 3.55. The van der Waals surface area contributed by atoms with Gasteiger partial charge in [0.25, 0.3) is 0 Å². The Morgan fingerprint density at radius 2 is 2.05 bits per heavy atom. The van der Waals surface area contributed by atoms with E-state index < -0.39 is 5.97 Å². The van der Waals surface area contributed by atoms with Gasteiger partial charge in [-0.15, -0.1) is 23.1 Å². The Hall–Kier alpha value is -1.01. The highest BCUT2D eigenvalue weighted by Crippen LogP contribution is 2.38. The summed E-state index contributed by atoms with van der Waals surface area (Å²) in [5, 5.41) is 13.1. The molecule has 1 amide bonds. The molecule has 0 radical (unpaired) electrons. The zero-order chi connectivity index (χ0) is 14.7. The number of nitrogens with one attached hydrogen (secondary N) is 1. The van der Waals surface area contributed by atoms with E-state index in [1.807, 2.05) is 13.8 Å². The molecule has 1 aliphatic carbocycles. The number of hydrogen-bond donors (Lipinski definition) is 2. The van der Waals surface area contributed by atoms with Crippen molar-refractivity contribution in [3.63, 3.8) is 0 Å². The second-order valence-electron chi connectivity index (χ2n) is 5.13. The topological polar surface area (TPSA) is 66.4 Å². The first-order valence-corrected chi connectivity index (χ1v) is 8.65. The van der Waals surface area contributed by atoms with Crippen molar-refractivity contribution in [3.05, 3.63) is 16.0 Å². The molecule has 0 aromatic carbocycles. The normalized spacial score (nSPS) is 14.2. The average molecular weight is 313 g/mol. The van der Waals surface area contributed by atoms with Crippen LogP contribution < -0.4 is 5.32 Å². The molecule has 0 saturated heterocycles. The van der Waals surface area contributed by atoms with Crippen LogP contribution >= 0.6 is 23.1 Å². The lowest BCUT2D eigenvalue weighted by Crippen LogP contribution is -2.16. The first kappa shape index (κ1) is 15.4. The minimum absolute atomic E-state index is 0.121. The fourth-order valence-electron chi connectivity index (χ4n) is 2.29. The molecule has 20 heavy (non-hydrogen) atoms. The monoisotopic (exact) mass is 313 g/mol. The van der Waals surface area contributed by atoms with E-state index in [1.165, 1.54) is 11.3 Å². The molecule has 2 rings (SSSR count). The van der Waals surface area contributed by atoms with Crippen molar-refractivity contribution < 1.29 is 14.7 Å². The van der Waals surface area contributed by atoms with Crippen LogP contribution in [-0.2, 0) is 17.6 Å². The van der Waals surface area contributed by atoms with Crippen molar-refractivity contribution in [1.29, 1.82) is 0 Å². The van der Waals surface area contributed by atoms with Gasteiger partial charge in [0.2, 0.25) is 5.91 Å². The highest BCUT2D eigenvalue weighted by Gasteiger charge is 2.25. The number of carboxylic acids is 1. The molecule has 0 saturated carbocycles. The summed E-state index contributed by atoms with van der Waals surface area (Å²) in [7, 11) is 0. The highest BCUT2D eigenvalue weighted by molar-refractivity contribution is 8.00. The molecule has 0 atom stereocenters. The highest BCUT2D eigenvalue weighted by atomic mass is 32.2. The Morgan fingerprint density at radius 1 is 1.35 bits per heavy atom. The molecule has 1 heterocycles. The van der Waals surface area contributed by atoms with Gasteiger partial charge in [-0.3, -0.25) is 4.79 Å². The molecule has 0 aliphatic heterocycles. The van der Waals surface area contributed by atoms with Crippen molar-refractivity contribution >= 4 is 40.0 Å². The van der Waals surface area contributed by atoms with Crippen molar-refractivity contribution in [3.8, 4) is 0 Å². The quantitative estimate of drug-likeness (QED) is 0.874. The van der Waals surface area contributed by atoms with Crippen molar-refractivity contribution in [2.75, 3.05) is 11.1 Å². The predicted molar refractivity (Wildman–Crippen MR) is 84.1 cm³/mol. The molecule has 1 aromatic heterocycles. The van der Waals surface area contributed by atoms with E-state index in [4.69, 9.17) is 0 Å². The summed E-state index contributed by atoms with van der Waals surface area (Å²) >= 11 is 2.98. The Labute approximate surface area is 127 Å². The van der Waals surface area contributed by atoms with Crippen molar-refractivity contribution in [1.82, 2.24) is 0 Å². The van der Waals surface area contributed by atoms with Crippen LogP contribution in [0.5, 0.6) is 0 Å². The summed E-state index contributed by atoms with van der Waals surface area (Å²) < 4.78 is 0. The fourth-order valence-corrected chi connectivity index (χ4v) is 4.14. The third-order valence-electron chi connectivity index (χ3n) is 3.19. The van der Waals surface area contributed by atoms with Crippen LogP contribution in [0.4, 0.5) is 5.00 Å². The number of rotatable bonds is 5. The van der Waals surface area contributed by atoms with Crippen LogP contribution in [-0.4, -0.2) is 28.0 Å². The minimum atomic E-state index is -0.934. The Morgan fingerprint density at radius 3 is 2.70 bits per heavy atom. The molecule has 0 spiro atoms. The van der Waals surface area contributed by atoms with E-state index in [0.717, 1.165) is 36.1 Å². The Balaban J connectivity index is 2.17. The van der Waals surface area contributed by atoms with Gasteiger partial charge in [-0.05, 0) is 36.5 Å². The molecular weight excluding hydrogens is 294 g/mol. The summed E-state index contributed by atoms with van der Waals surface area (Å²) in [5.41, 5.74) is 1.24. The lowest BCUT2D eigenvalue weighted by Gasteiger charge is -2.10. The maximum atomic E-state index is 11.9. The summed E-state index contributed by atoms with van der Waals surface area (Å²) in [6.45, 7) is 4.06. The average Bonchev–Trinajstić information content (AvgIpc) is 2.74. The van der Waals surface area contributed by atoms with Crippen LogP contribution in [0.1, 0.15) is 47.5 Å². The number of carbonyl (C=O) groups excluding carboxylic acids is 1. The third-order valence-corrected chi connectivity index (χ3v) is 5.49. The van der Waals surface area contributed by atoms with Crippen LogP contribution in [0.2, 0.25) is 0 Å². The molecule has 1 aliphatic rings. The van der Waals surface area contributed by atoms with Gasteiger partial charge in [0.05, 0.1) is 11.3 Å². The van der Waals surface area contributed by atoms with Crippen molar-refractivity contribution in [2.24, 2.45) is 0 Å². The second kappa shape index (κ2) is 6.63. The number of fused-ring (bicyclic) bond motifs is 1. The largest absolute Gasteiger partial charge is 0.478 e. The predicted octanol–water partition coefficient (Wildman–Crippen LogP) is 3.41. The van der Waals surface area contributed by atoms with Gasteiger partial charge in [0.1, 0.15) is 5.00 Å². The first-order valence-electron chi connectivity index (χ1n) is 6.78. The molecular formula is C14H19NO3S2. The van der Waals surface area contributed by atoms with E-state index in [2.05, 4.69) is 5.32 Å². The van der Waals surface area contributed by atoms with E-state index in [9.17, 15) is 14.7 Å². The summed E-state index contributed by atoms with van der Waals surface area (Å²) in [4.78, 5) is 24.5. The number of anilines is 1. The zero-order valence-electron chi connectivity index (χ0n) is 11.7. The number of amides is 1. The maximum absolute atomic E-state index is 11.9. The second-order valence-corrected chi connectivity index (χ2v) is 7.80. The molecule has 4 nitrogen and oxygen atoms in total. The summed E-state index contributed by atoms with van der Waals surface area (Å²) in [6, 6.07) is 0. The van der Waals surface area contributed by atoms with Gasteiger partial charge in [-0.25, -0.2) is 4.79 Å². The smallest absolute Gasteiger partial charge is 0.339 e. The van der Waals surface area contributed by atoms with Crippen LogP contribution in [0.15, 0.2) is 0 Å². The van der Waals surface area contributed by atoms with E-state index in [-0.39, 0.29) is 5.91 Å². The van der Waals surface area contributed by atoms with Gasteiger partial charge in [-0.2, -0.15) is 0 Å². The van der Waals surface area contributed by atoms with Gasteiger partial charge >= 0.3 is 5.97 Å². The van der Waals surface area contributed by atoms with Crippen LogP contribution in [0, 0.1) is 0 Å². The number of carbonyl (C=O) groups is 2. The van der Waals surface area contributed by atoms with Crippen LogP contribution in [0.3, 0.4) is 0 Å². The Kier molecular flexibility index (Phi) is 5.10. The number of hydrogen-bond acceptors (Lipinski definition) is 4. The number of aromatic carboxylic acids is 1. The van der Waals surface area contributed by atoms with Gasteiger partial charge in [0, 0.05) is 4.88 Å². The number of aryl methyl sites for hydroxylation is 1. The summed E-state index contributed by atoms with van der Waals surface area (Å²) in [5.74, 6) is -0.694. The summed E-state index contributed by atoms with van der Waals surface area (Å²) in [6.07, 6.45) is 3.87. The van der Waals surface area contributed by atoms with Gasteiger partial charge in [0.15, 0.2) is 0 Å². The number of thiophene rings is 1. The van der Waals surface area contributed by atoms with E-state index >= 15 is 0 Å². The van der Waals surface area contributed by atoms with Gasteiger partial charge < -0.3 is 10.4 Å². The molecule has 0 fully saturated rings. The zero-order valence-corrected chi connectivity index (χ0v) is 13.3. The molecule has 0 bridgehead atoms. The molecule has 110 valence electrons. The molecule has 6 heteroatoms. The lowest BCUT2D eigenvalue weighted by molar-refractivity contribution is -0.113. The lowest BCUT2D eigenvalue weighted by atomic mass is 9.95. The molecule has 0 unspecified atom stereocenters. The van der Waals surface area contributed by atoms with E-state index in [1.54, 1.807) is 11.8 Å². The van der Waals surface area contributed by atoms with Gasteiger partial charge in [-0.1, -0.05) is 13.8 Å². The Bertz CT molecular complexity index is 523. The molecule has 2 N–H and O–H groups in total.